The number of fused-ring (bicyclic) bond motifs is 1. The molecule has 3 aliphatic heterocycles. The summed E-state index contributed by atoms with van der Waals surface area (Å²) < 4.78 is 44.7. The van der Waals surface area contributed by atoms with E-state index in [9.17, 15) is 18.0 Å². The number of hydrogen-bond acceptors (Lipinski definition) is 7. The lowest BCUT2D eigenvalue weighted by Gasteiger charge is -2.42. The van der Waals surface area contributed by atoms with E-state index in [0.717, 1.165) is 0 Å². The summed E-state index contributed by atoms with van der Waals surface area (Å²) in [5.41, 5.74) is -0.590. The zero-order chi connectivity index (χ0) is 23.8. The number of carbonyl (C=O) groups is 2. The molecule has 2 saturated heterocycles. The number of rotatable bonds is 3. The number of sulfonamides is 1. The molecule has 1 N–H and O–H groups in total. The second-order valence-electron chi connectivity index (χ2n) is 8.29. The Morgan fingerprint density at radius 3 is 2.32 bits per heavy atom. The predicted octanol–water partition coefficient (Wildman–Crippen LogP) is 1.44. The van der Waals surface area contributed by atoms with Crippen molar-refractivity contribution < 1.29 is 32.2 Å². The fourth-order valence-corrected chi connectivity index (χ4v) is 6.30. The van der Waals surface area contributed by atoms with E-state index < -0.39 is 27.6 Å². The molecule has 10 nitrogen and oxygen atoms in total. The van der Waals surface area contributed by atoms with Crippen molar-refractivity contribution in [1.82, 2.24) is 9.21 Å². The summed E-state index contributed by atoms with van der Waals surface area (Å²) in [5, 5.41) is 2.60. The highest BCUT2D eigenvalue weighted by atomic mass is 32.2. The smallest absolute Gasteiger partial charge is 0.313 e. The number of hydrogen-bond donors (Lipinski definition) is 1. The lowest BCUT2D eigenvalue weighted by Crippen LogP contribution is -2.56. The number of nitrogens with zero attached hydrogens (tertiary/aromatic N) is 2. The van der Waals surface area contributed by atoms with Crippen molar-refractivity contribution in [3.05, 3.63) is 48.5 Å². The van der Waals surface area contributed by atoms with E-state index in [2.05, 4.69) is 5.32 Å². The molecular formula is C23H25N3O7S. The van der Waals surface area contributed by atoms with Gasteiger partial charge in [-0.15, -0.1) is 0 Å². The number of piperidine rings is 1. The number of nitrogens with one attached hydrogen (secondary N) is 1. The molecule has 11 heteroatoms. The third-order valence-corrected chi connectivity index (χ3v) is 8.24. The second-order valence-corrected chi connectivity index (χ2v) is 10.2. The molecule has 0 aromatic heterocycles. The van der Waals surface area contributed by atoms with Crippen molar-refractivity contribution >= 4 is 27.5 Å². The first-order valence-corrected chi connectivity index (χ1v) is 12.5. The molecule has 34 heavy (non-hydrogen) atoms. The van der Waals surface area contributed by atoms with Crippen LogP contribution in [0.5, 0.6) is 11.5 Å². The Labute approximate surface area is 197 Å². The normalized spacial score (nSPS) is 19.7. The van der Waals surface area contributed by atoms with Gasteiger partial charge in [-0.05, 0) is 24.3 Å². The van der Waals surface area contributed by atoms with E-state index in [-0.39, 0.29) is 44.0 Å². The molecular weight excluding hydrogens is 462 g/mol. The van der Waals surface area contributed by atoms with E-state index >= 15 is 0 Å². The minimum Gasteiger partial charge on any atom is -0.486 e. The van der Waals surface area contributed by atoms with Crippen LogP contribution in [0.4, 0.5) is 5.69 Å². The zero-order valence-corrected chi connectivity index (χ0v) is 19.3. The third-order valence-electron chi connectivity index (χ3n) is 6.28. The van der Waals surface area contributed by atoms with Gasteiger partial charge in [-0.1, -0.05) is 18.2 Å². The van der Waals surface area contributed by atoms with E-state index in [1.807, 2.05) is 0 Å². The van der Waals surface area contributed by atoms with Crippen LogP contribution in [-0.4, -0.2) is 74.6 Å². The second kappa shape index (κ2) is 8.90. The number of likely N-dealkylation sites (tertiary alicyclic amines) is 1. The Kier molecular flexibility index (Phi) is 5.92. The summed E-state index contributed by atoms with van der Waals surface area (Å²) in [7, 11) is -3.75. The topological polar surface area (TPSA) is 114 Å². The number of benzene rings is 2. The van der Waals surface area contributed by atoms with E-state index in [0.29, 0.717) is 30.4 Å². The fraction of sp³-hybridized carbons (Fsp3) is 0.391. The first-order valence-electron chi connectivity index (χ1n) is 11.1. The van der Waals surface area contributed by atoms with E-state index in [1.165, 1.54) is 9.21 Å². The van der Waals surface area contributed by atoms with Crippen LogP contribution in [0.3, 0.4) is 0 Å². The third kappa shape index (κ3) is 4.10. The molecule has 0 radical (unpaired) electrons. The van der Waals surface area contributed by atoms with Crippen LogP contribution in [0.2, 0.25) is 0 Å². The molecule has 3 aliphatic rings. The van der Waals surface area contributed by atoms with Gasteiger partial charge in [0.2, 0.25) is 10.0 Å². The van der Waals surface area contributed by atoms with Crippen LogP contribution in [0, 0.1) is 0 Å². The summed E-state index contributed by atoms with van der Waals surface area (Å²) in [6, 6.07) is 13.2. The minimum atomic E-state index is -3.75. The van der Waals surface area contributed by atoms with Crippen LogP contribution < -0.4 is 14.8 Å². The SMILES string of the molecule is O=C(Nc1ccc2c(c1)OCCO2)C(=O)N1CCC2(CC1)OCCN2S(=O)(=O)c1ccccc1. The maximum Gasteiger partial charge on any atom is 0.313 e. The molecule has 0 unspecified atom stereocenters. The molecule has 0 atom stereocenters. The van der Waals surface area contributed by atoms with Crippen molar-refractivity contribution in [2.24, 2.45) is 0 Å². The van der Waals surface area contributed by atoms with Crippen molar-refractivity contribution in [2.45, 2.75) is 23.5 Å². The van der Waals surface area contributed by atoms with Crippen LogP contribution in [0.1, 0.15) is 12.8 Å². The van der Waals surface area contributed by atoms with Crippen LogP contribution in [-0.2, 0) is 24.3 Å². The van der Waals surface area contributed by atoms with Gasteiger partial charge in [0.05, 0.1) is 11.5 Å². The highest BCUT2D eigenvalue weighted by molar-refractivity contribution is 7.89. The Bertz CT molecular complexity index is 1190. The van der Waals surface area contributed by atoms with Crippen molar-refractivity contribution in [3.8, 4) is 11.5 Å². The van der Waals surface area contributed by atoms with Crippen LogP contribution in [0.15, 0.2) is 53.4 Å². The average molecular weight is 488 g/mol. The molecule has 2 aromatic rings. The Morgan fingerprint density at radius 1 is 0.882 bits per heavy atom. The number of anilines is 1. The summed E-state index contributed by atoms with van der Waals surface area (Å²) >= 11 is 0. The van der Waals surface area contributed by atoms with Gasteiger partial charge < -0.3 is 24.4 Å². The Balaban J connectivity index is 1.24. The van der Waals surface area contributed by atoms with Crippen molar-refractivity contribution in [3.63, 3.8) is 0 Å². The van der Waals surface area contributed by atoms with Gasteiger partial charge >= 0.3 is 11.8 Å². The number of amides is 2. The first kappa shape index (κ1) is 22.6. The zero-order valence-electron chi connectivity index (χ0n) is 18.4. The van der Waals surface area contributed by atoms with Crippen molar-refractivity contribution in [2.75, 3.05) is 44.8 Å². The molecule has 180 valence electrons. The van der Waals surface area contributed by atoms with Crippen LogP contribution >= 0.6 is 0 Å². The maximum atomic E-state index is 13.2. The molecule has 2 aromatic carbocycles. The van der Waals surface area contributed by atoms with Gasteiger partial charge in [0.15, 0.2) is 11.5 Å². The highest BCUT2D eigenvalue weighted by Gasteiger charge is 2.51. The van der Waals surface area contributed by atoms with Crippen LogP contribution in [0.25, 0.3) is 0 Å². The van der Waals surface area contributed by atoms with Gasteiger partial charge in [0, 0.05) is 44.2 Å². The monoisotopic (exact) mass is 487 g/mol. The Morgan fingerprint density at radius 2 is 1.59 bits per heavy atom. The maximum absolute atomic E-state index is 13.2. The molecule has 2 fully saturated rings. The molecule has 1 spiro atoms. The molecule has 3 heterocycles. The molecule has 0 bridgehead atoms. The van der Waals surface area contributed by atoms with Gasteiger partial charge in [-0.2, -0.15) is 4.31 Å². The molecule has 2 amide bonds. The fourth-order valence-electron chi connectivity index (χ4n) is 4.56. The summed E-state index contributed by atoms with van der Waals surface area (Å²) in [5.74, 6) is -0.355. The summed E-state index contributed by atoms with van der Waals surface area (Å²) in [4.78, 5) is 27.0. The summed E-state index contributed by atoms with van der Waals surface area (Å²) in [6.45, 7) is 1.81. The molecule has 0 aliphatic carbocycles. The van der Waals surface area contributed by atoms with Gasteiger partial charge in [0.1, 0.15) is 18.9 Å². The van der Waals surface area contributed by atoms with Crippen molar-refractivity contribution in [1.29, 1.82) is 0 Å². The lowest BCUT2D eigenvalue weighted by molar-refractivity contribution is -0.148. The molecule has 5 rings (SSSR count). The quantitative estimate of drug-likeness (QED) is 0.652. The number of ether oxygens (including phenoxy) is 3. The first-order chi connectivity index (χ1) is 16.4. The Hall–Kier alpha value is -3.15. The molecule has 0 saturated carbocycles. The number of carbonyl (C=O) groups excluding carboxylic acids is 2. The largest absolute Gasteiger partial charge is 0.486 e. The minimum absolute atomic E-state index is 0.203. The van der Waals surface area contributed by atoms with Gasteiger partial charge in [0.25, 0.3) is 0 Å². The van der Waals surface area contributed by atoms with E-state index in [4.69, 9.17) is 14.2 Å². The predicted molar refractivity (Wildman–Crippen MR) is 121 cm³/mol. The summed E-state index contributed by atoms with van der Waals surface area (Å²) in [6.07, 6.45) is 0.560. The average Bonchev–Trinajstić information content (AvgIpc) is 3.28. The van der Waals surface area contributed by atoms with E-state index in [1.54, 1.807) is 48.5 Å². The standard InChI is InChI=1S/C23H25N3O7S/c27-21(24-17-6-7-19-20(16-17)32-15-14-31-19)22(28)25-10-8-23(9-11-25)26(12-13-33-23)34(29,30)18-4-2-1-3-5-18/h1-7,16H,8-15H2,(H,24,27). The lowest BCUT2D eigenvalue weighted by atomic mass is 10.0. The van der Waals surface area contributed by atoms with Gasteiger partial charge in [-0.3, -0.25) is 9.59 Å². The highest BCUT2D eigenvalue weighted by Crippen LogP contribution is 2.38. The van der Waals surface area contributed by atoms with Gasteiger partial charge in [-0.25, -0.2) is 8.42 Å².